The van der Waals surface area contributed by atoms with Gasteiger partial charge in [0, 0.05) is 13.1 Å². The van der Waals surface area contributed by atoms with E-state index >= 15 is 0 Å². The van der Waals surface area contributed by atoms with Crippen LogP contribution in [-0.4, -0.2) is 32.4 Å². The first kappa shape index (κ1) is 17.1. The van der Waals surface area contributed by atoms with Gasteiger partial charge in [-0.2, -0.15) is 4.31 Å². The van der Waals surface area contributed by atoms with Crippen molar-refractivity contribution in [3.8, 4) is 0 Å². The van der Waals surface area contributed by atoms with Crippen molar-refractivity contribution in [3.63, 3.8) is 0 Å². The molecule has 5 heteroatoms. The molecule has 4 nitrogen and oxygen atoms in total. The molecule has 1 unspecified atom stereocenters. The number of ether oxygens (including phenoxy) is 1. The molecule has 0 saturated carbocycles. The second-order valence-corrected chi connectivity index (χ2v) is 8.01. The third-order valence-corrected chi connectivity index (χ3v) is 6.41. The van der Waals surface area contributed by atoms with Gasteiger partial charge in [0.2, 0.25) is 10.0 Å². The maximum Gasteiger partial charge on any atom is 0.243 e. The van der Waals surface area contributed by atoms with Crippen LogP contribution in [0.5, 0.6) is 0 Å². The van der Waals surface area contributed by atoms with E-state index in [1.807, 2.05) is 43.3 Å². The summed E-state index contributed by atoms with van der Waals surface area (Å²) in [6, 6.07) is 15.1. The lowest BCUT2D eigenvalue weighted by Gasteiger charge is -2.33. The molecule has 2 aromatic carbocycles. The van der Waals surface area contributed by atoms with Crippen LogP contribution in [0.4, 0.5) is 0 Å². The van der Waals surface area contributed by atoms with Gasteiger partial charge in [-0.1, -0.05) is 43.3 Å². The number of aryl methyl sites for hydroxylation is 2. The normalized spacial score (nSPS) is 19.3. The van der Waals surface area contributed by atoms with Crippen molar-refractivity contribution < 1.29 is 13.2 Å². The van der Waals surface area contributed by atoms with Crippen molar-refractivity contribution >= 4 is 10.0 Å². The molecule has 1 aliphatic rings. The van der Waals surface area contributed by atoms with Crippen molar-refractivity contribution in [2.45, 2.75) is 31.3 Å². The van der Waals surface area contributed by atoms with Gasteiger partial charge in [0.15, 0.2) is 0 Å². The van der Waals surface area contributed by atoms with Crippen molar-refractivity contribution in [2.75, 3.05) is 19.7 Å². The Balaban J connectivity index is 1.84. The smallest absolute Gasteiger partial charge is 0.243 e. The van der Waals surface area contributed by atoms with Gasteiger partial charge >= 0.3 is 0 Å². The number of hydrogen-bond donors (Lipinski definition) is 0. The highest BCUT2D eigenvalue weighted by atomic mass is 32.2. The topological polar surface area (TPSA) is 46.6 Å². The van der Waals surface area contributed by atoms with Gasteiger partial charge in [0.1, 0.15) is 0 Å². The minimum atomic E-state index is -3.49. The van der Waals surface area contributed by atoms with Crippen LogP contribution in [0.25, 0.3) is 0 Å². The Morgan fingerprint density at radius 1 is 1.12 bits per heavy atom. The molecule has 1 fully saturated rings. The summed E-state index contributed by atoms with van der Waals surface area (Å²) in [5, 5.41) is 0. The highest BCUT2D eigenvalue weighted by Gasteiger charge is 2.31. The second-order valence-electron chi connectivity index (χ2n) is 6.08. The standard InChI is InChI=1S/C19H23NO3S/c1-3-16-8-10-17(11-9-16)24(21,22)20-12-13-23-19(14-20)18-7-5-4-6-15(18)2/h4-11,19H,3,12-14H2,1-2H3. The average Bonchev–Trinajstić information content (AvgIpc) is 2.62. The van der Waals surface area contributed by atoms with Crippen LogP contribution in [0.1, 0.15) is 29.7 Å². The highest BCUT2D eigenvalue weighted by Crippen LogP contribution is 2.28. The second kappa shape index (κ2) is 7.05. The maximum absolute atomic E-state index is 12.9. The van der Waals surface area contributed by atoms with Crippen LogP contribution in [0.3, 0.4) is 0 Å². The number of sulfonamides is 1. The maximum atomic E-state index is 12.9. The molecule has 0 radical (unpaired) electrons. The quantitative estimate of drug-likeness (QED) is 0.854. The third kappa shape index (κ3) is 3.38. The van der Waals surface area contributed by atoms with Gasteiger partial charge in [0.05, 0.1) is 17.6 Å². The molecule has 3 rings (SSSR count). The fourth-order valence-electron chi connectivity index (χ4n) is 3.03. The zero-order valence-corrected chi connectivity index (χ0v) is 14.9. The molecule has 0 N–H and O–H groups in total. The number of nitrogens with zero attached hydrogens (tertiary/aromatic N) is 1. The van der Waals surface area contributed by atoms with Gasteiger partial charge in [0.25, 0.3) is 0 Å². The Morgan fingerprint density at radius 3 is 2.50 bits per heavy atom. The van der Waals surface area contributed by atoms with E-state index in [4.69, 9.17) is 4.74 Å². The van der Waals surface area contributed by atoms with Crippen LogP contribution >= 0.6 is 0 Å². The Hall–Kier alpha value is -1.69. The largest absolute Gasteiger partial charge is 0.371 e. The molecule has 1 aliphatic heterocycles. The molecule has 0 aliphatic carbocycles. The van der Waals surface area contributed by atoms with Crippen LogP contribution in [0.15, 0.2) is 53.4 Å². The van der Waals surface area contributed by atoms with E-state index in [1.54, 1.807) is 12.1 Å². The number of benzene rings is 2. The van der Waals surface area contributed by atoms with Gasteiger partial charge in [-0.25, -0.2) is 8.42 Å². The highest BCUT2D eigenvalue weighted by molar-refractivity contribution is 7.89. The summed E-state index contributed by atoms with van der Waals surface area (Å²) in [7, 11) is -3.49. The Kier molecular flexibility index (Phi) is 5.04. The number of hydrogen-bond acceptors (Lipinski definition) is 3. The van der Waals surface area contributed by atoms with Crippen LogP contribution < -0.4 is 0 Å². The third-order valence-electron chi connectivity index (χ3n) is 4.53. The summed E-state index contributed by atoms with van der Waals surface area (Å²) in [4.78, 5) is 0.352. The molecule has 1 saturated heterocycles. The molecule has 0 aromatic heterocycles. The van der Waals surface area contributed by atoms with Gasteiger partial charge < -0.3 is 4.74 Å². The van der Waals surface area contributed by atoms with Crippen molar-refractivity contribution in [1.29, 1.82) is 0 Å². The monoisotopic (exact) mass is 345 g/mol. The van der Waals surface area contributed by atoms with Crippen molar-refractivity contribution in [1.82, 2.24) is 4.31 Å². The zero-order chi connectivity index (χ0) is 17.2. The molecule has 24 heavy (non-hydrogen) atoms. The van der Waals surface area contributed by atoms with Crippen molar-refractivity contribution in [2.24, 2.45) is 0 Å². The van der Waals surface area contributed by atoms with E-state index in [0.29, 0.717) is 24.6 Å². The minimum absolute atomic E-state index is 0.218. The lowest BCUT2D eigenvalue weighted by Crippen LogP contribution is -2.42. The number of rotatable bonds is 4. The van der Waals surface area contributed by atoms with Crippen LogP contribution in [0, 0.1) is 6.92 Å². The van der Waals surface area contributed by atoms with Gasteiger partial charge in [-0.15, -0.1) is 0 Å². The van der Waals surface area contributed by atoms with E-state index in [9.17, 15) is 8.42 Å². The Bertz CT molecular complexity index is 800. The zero-order valence-electron chi connectivity index (χ0n) is 14.1. The Labute approximate surface area is 144 Å². The molecule has 128 valence electrons. The SMILES string of the molecule is CCc1ccc(S(=O)(=O)N2CCOC(c3ccccc3C)C2)cc1. The predicted molar refractivity (Wildman–Crippen MR) is 94.5 cm³/mol. The molecular weight excluding hydrogens is 322 g/mol. The molecular formula is C19H23NO3S. The fourth-order valence-corrected chi connectivity index (χ4v) is 4.45. The van der Waals surface area contributed by atoms with E-state index in [2.05, 4.69) is 6.92 Å². The lowest BCUT2D eigenvalue weighted by molar-refractivity contribution is -0.00288. The van der Waals surface area contributed by atoms with Gasteiger partial charge in [-0.3, -0.25) is 0 Å². The molecule has 1 heterocycles. The Morgan fingerprint density at radius 2 is 1.83 bits per heavy atom. The average molecular weight is 345 g/mol. The number of morpholine rings is 1. The molecule has 0 bridgehead atoms. The van der Waals surface area contributed by atoms with Gasteiger partial charge in [-0.05, 0) is 42.2 Å². The molecule has 1 atom stereocenters. The fraction of sp³-hybridized carbons (Fsp3) is 0.368. The summed E-state index contributed by atoms with van der Waals surface area (Å²) in [6.07, 6.45) is 0.678. The van der Waals surface area contributed by atoms with E-state index in [1.165, 1.54) is 4.31 Å². The predicted octanol–water partition coefficient (Wildman–Crippen LogP) is 3.32. The molecule has 0 spiro atoms. The van der Waals surface area contributed by atoms with Crippen LogP contribution in [-0.2, 0) is 21.2 Å². The summed E-state index contributed by atoms with van der Waals surface area (Å²) in [5.41, 5.74) is 3.31. The summed E-state index contributed by atoms with van der Waals surface area (Å²) in [5.74, 6) is 0. The first-order chi connectivity index (χ1) is 11.5. The first-order valence-electron chi connectivity index (χ1n) is 8.28. The van der Waals surface area contributed by atoms with Crippen LogP contribution in [0.2, 0.25) is 0 Å². The molecule has 2 aromatic rings. The van der Waals surface area contributed by atoms with Crippen molar-refractivity contribution in [3.05, 3.63) is 65.2 Å². The van der Waals surface area contributed by atoms with E-state index < -0.39 is 10.0 Å². The summed E-state index contributed by atoms with van der Waals surface area (Å²) in [6.45, 7) is 5.22. The minimum Gasteiger partial charge on any atom is -0.371 e. The van der Waals surface area contributed by atoms with E-state index in [-0.39, 0.29) is 6.10 Å². The van der Waals surface area contributed by atoms with E-state index in [0.717, 1.165) is 23.1 Å². The lowest BCUT2D eigenvalue weighted by atomic mass is 10.0. The first-order valence-corrected chi connectivity index (χ1v) is 9.72. The summed E-state index contributed by atoms with van der Waals surface area (Å²) >= 11 is 0. The molecule has 0 amide bonds. The summed E-state index contributed by atoms with van der Waals surface area (Å²) < 4.78 is 33.2.